The predicted octanol–water partition coefficient (Wildman–Crippen LogP) is 5.32. The van der Waals surface area contributed by atoms with Gasteiger partial charge < -0.3 is 19.6 Å². The largest absolute Gasteiger partial charge is 0.494 e. The summed E-state index contributed by atoms with van der Waals surface area (Å²) in [5.41, 5.74) is 2.60. The summed E-state index contributed by atoms with van der Waals surface area (Å²) in [6, 6.07) is 12.0. The molecule has 5 nitrogen and oxygen atoms in total. The number of aliphatic hydroxyl groups excluding tert-OH is 1. The van der Waals surface area contributed by atoms with E-state index in [2.05, 4.69) is 5.32 Å². The summed E-state index contributed by atoms with van der Waals surface area (Å²) in [4.78, 5) is 12.6. The summed E-state index contributed by atoms with van der Waals surface area (Å²) in [5.74, 6) is 1.05. The highest BCUT2D eigenvalue weighted by atomic mass is 35.5. The maximum absolute atomic E-state index is 12.6. The minimum atomic E-state index is -0.350. The number of furan rings is 1. The van der Waals surface area contributed by atoms with Crippen molar-refractivity contribution in [3.05, 3.63) is 69.4 Å². The molecule has 2 aromatic carbocycles. The van der Waals surface area contributed by atoms with E-state index in [1.165, 1.54) is 19.2 Å². The van der Waals surface area contributed by atoms with Crippen LogP contribution in [0.25, 0.3) is 11.3 Å². The van der Waals surface area contributed by atoms with Gasteiger partial charge in [0.25, 0.3) is 5.91 Å². The highest BCUT2D eigenvalue weighted by molar-refractivity contribution is 6.37. The predicted molar refractivity (Wildman–Crippen MR) is 106 cm³/mol. The molecule has 1 amide bonds. The number of benzene rings is 2. The molecule has 27 heavy (non-hydrogen) atoms. The lowest BCUT2D eigenvalue weighted by Gasteiger charge is -2.12. The molecule has 0 aliphatic heterocycles. The minimum Gasteiger partial charge on any atom is -0.494 e. The van der Waals surface area contributed by atoms with Gasteiger partial charge in [-0.3, -0.25) is 4.79 Å². The first-order chi connectivity index (χ1) is 12.9. The average molecular weight is 406 g/mol. The van der Waals surface area contributed by atoms with Crippen molar-refractivity contribution in [2.24, 2.45) is 0 Å². The molecule has 140 valence electrons. The second-order valence-electron chi connectivity index (χ2n) is 5.88. The number of methoxy groups -OCH3 is 1. The number of amides is 1. The summed E-state index contributed by atoms with van der Waals surface area (Å²) in [5, 5.41) is 12.5. The molecule has 0 spiro atoms. The molecule has 0 saturated heterocycles. The quantitative estimate of drug-likeness (QED) is 0.602. The van der Waals surface area contributed by atoms with Crippen LogP contribution in [0.4, 0.5) is 5.69 Å². The van der Waals surface area contributed by atoms with Crippen LogP contribution in [0.5, 0.6) is 5.75 Å². The van der Waals surface area contributed by atoms with Crippen molar-refractivity contribution in [3.8, 4) is 17.1 Å². The van der Waals surface area contributed by atoms with E-state index in [0.29, 0.717) is 28.5 Å². The summed E-state index contributed by atoms with van der Waals surface area (Å²) in [6.07, 6.45) is 0. The first-order valence-corrected chi connectivity index (χ1v) is 8.83. The number of ether oxygens (including phenoxy) is 1. The molecule has 0 unspecified atom stereocenters. The Labute approximate surface area is 166 Å². The Balaban J connectivity index is 1.89. The van der Waals surface area contributed by atoms with Crippen LogP contribution in [0.1, 0.15) is 21.7 Å². The van der Waals surface area contributed by atoms with Gasteiger partial charge in [-0.2, -0.15) is 0 Å². The molecule has 0 bridgehead atoms. The van der Waals surface area contributed by atoms with Crippen LogP contribution < -0.4 is 10.1 Å². The Hall–Kier alpha value is -2.47. The fraction of sp³-hybridized carbons (Fsp3) is 0.150. The first-order valence-electron chi connectivity index (χ1n) is 8.08. The smallest absolute Gasteiger partial charge is 0.255 e. The average Bonchev–Trinajstić information content (AvgIpc) is 3.12. The van der Waals surface area contributed by atoms with Crippen LogP contribution in [0.2, 0.25) is 10.0 Å². The van der Waals surface area contributed by atoms with Crippen LogP contribution in [0.3, 0.4) is 0 Å². The Morgan fingerprint density at radius 1 is 1.15 bits per heavy atom. The van der Waals surface area contributed by atoms with Crippen LogP contribution in [0, 0.1) is 6.92 Å². The summed E-state index contributed by atoms with van der Waals surface area (Å²) in [6.45, 7) is 1.71. The lowest BCUT2D eigenvalue weighted by Crippen LogP contribution is -2.13. The summed E-state index contributed by atoms with van der Waals surface area (Å²) < 4.78 is 10.6. The molecule has 0 atom stereocenters. The number of aliphatic hydroxyl groups is 1. The second kappa shape index (κ2) is 8.05. The van der Waals surface area contributed by atoms with Gasteiger partial charge in [0, 0.05) is 16.8 Å². The molecular formula is C20H17Cl2NO4. The molecule has 3 rings (SSSR count). The first kappa shape index (κ1) is 19.3. The number of anilines is 1. The lowest BCUT2D eigenvalue weighted by atomic mass is 10.1. The number of hydrogen-bond acceptors (Lipinski definition) is 4. The van der Waals surface area contributed by atoms with Crippen molar-refractivity contribution in [1.82, 2.24) is 0 Å². The van der Waals surface area contributed by atoms with Gasteiger partial charge in [-0.25, -0.2) is 0 Å². The molecule has 7 heteroatoms. The van der Waals surface area contributed by atoms with Crippen LogP contribution in [0.15, 0.2) is 46.9 Å². The third-order valence-electron chi connectivity index (χ3n) is 4.05. The second-order valence-corrected chi connectivity index (χ2v) is 6.70. The number of carbonyl (C=O) groups excluding carboxylic acids is 1. The fourth-order valence-electron chi connectivity index (χ4n) is 2.61. The van der Waals surface area contributed by atoms with Gasteiger partial charge in [0.2, 0.25) is 0 Å². The molecule has 0 aliphatic rings. The van der Waals surface area contributed by atoms with Crippen molar-refractivity contribution in [2.45, 2.75) is 13.5 Å². The van der Waals surface area contributed by atoms with Gasteiger partial charge in [0.05, 0.1) is 17.2 Å². The van der Waals surface area contributed by atoms with E-state index in [0.717, 1.165) is 11.1 Å². The fourth-order valence-corrected chi connectivity index (χ4v) is 3.25. The SMILES string of the molecule is COc1c(Cl)cc(C(=O)Nc2cc(-c3ccc(CO)o3)ccc2C)cc1Cl. The van der Waals surface area contributed by atoms with Gasteiger partial charge in [0.1, 0.15) is 18.1 Å². The van der Waals surface area contributed by atoms with Gasteiger partial charge in [0.15, 0.2) is 5.75 Å². The van der Waals surface area contributed by atoms with Crippen LogP contribution in [-0.2, 0) is 6.61 Å². The monoisotopic (exact) mass is 405 g/mol. The normalized spacial score (nSPS) is 10.7. The third kappa shape index (κ3) is 4.11. The Morgan fingerprint density at radius 3 is 2.44 bits per heavy atom. The molecule has 3 aromatic rings. The van der Waals surface area contributed by atoms with Gasteiger partial charge in [-0.1, -0.05) is 35.3 Å². The number of aryl methyl sites for hydroxylation is 1. The molecule has 0 radical (unpaired) electrons. The zero-order valence-corrected chi connectivity index (χ0v) is 16.2. The number of nitrogens with one attached hydrogen (secondary N) is 1. The summed E-state index contributed by atoms with van der Waals surface area (Å²) >= 11 is 12.2. The van der Waals surface area contributed by atoms with Gasteiger partial charge in [-0.15, -0.1) is 0 Å². The molecule has 1 aromatic heterocycles. The molecule has 1 heterocycles. The minimum absolute atomic E-state index is 0.172. The molecular weight excluding hydrogens is 389 g/mol. The zero-order valence-electron chi connectivity index (χ0n) is 14.7. The maximum Gasteiger partial charge on any atom is 0.255 e. The molecule has 0 saturated carbocycles. The summed E-state index contributed by atoms with van der Waals surface area (Å²) in [7, 11) is 1.46. The van der Waals surface area contributed by atoms with E-state index in [1.807, 2.05) is 19.1 Å². The van der Waals surface area contributed by atoms with E-state index in [1.54, 1.807) is 18.2 Å². The van der Waals surface area contributed by atoms with E-state index < -0.39 is 0 Å². The van der Waals surface area contributed by atoms with E-state index in [9.17, 15) is 4.79 Å². The van der Waals surface area contributed by atoms with Crippen molar-refractivity contribution < 1.29 is 19.1 Å². The van der Waals surface area contributed by atoms with Crippen LogP contribution in [-0.4, -0.2) is 18.1 Å². The standard InChI is InChI=1S/C20H17Cl2NO4/c1-11-3-4-12(18-6-5-14(10-24)27-18)9-17(11)23-20(25)13-7-15(21)19(26-2)16(22)8-13/h3-9,24H,10H2,1-2H3,(H,23,25). The molecule has 2 N–H and O–H groups in total. The van der Waals surface area contributed by atoms with Crippen molar-refractivity contribution in [3.63, 3.8) is 0 Å². The van der Waals surface area contributed by atoms with Crippen molar-refractivity contribution >= 4 is 34.8 Å². The number of rotatable bonds is 5. The number of hydrogen-bond donors (Lipinski definition) is 2. The maximum atomic E-state index is 12.6. The third-order valence-corrected chi connectivity index (χ3v) is 4.61. The van der Waals surface area contributed by atoms with Gasteiger partial charge >= 0.3 is 0 Å². The number of halogens is 2. The topological polar surface area (TPSA) is 71.7 Å². The molecule has 0 fully saturated rings. The zero-order chi connectivity index (χ0) is 19.6. The van der Waals surface area contributed by atoms with Gasteiger partial charge in [-0.05, 0) is 42.8 Å². The lowest BCUT2D eigenvalue weighted by molar-refractivity contribution is 0.102. The number of carbonyl (C=O) groups is 1. The van der Waals surface area contributed by atoms with Crippen molar-refractivity contribution in [1.29, 1.82) is 0 Å². The van der Waals surface area contributed by atoms with E-state index >= 15 is 0 Å². The Kier molecular flexibility index (Phi) is 5.75. The highest BCUT2D eigenvalue weighted by Gasteiger charge is 2.15. The Morgan fingerprint density at radius 2 is 1.85 bits per heavy atom. The van der Waals surface area contributed by atoms with E-state index in [-0.39, 0.29) is 22.6 Å². The Bertz CT molecular complexity index is 974. The van der Waals surface area contributed by atoms with Crippen molar-refractivity contribution in [2.75, 3.05) is 12.4 Å². The van der Waals surface area contributed by atoms with Crippen LogP contribution >= 0.6 is 23.2 Å². The molecule has 0 aliphatic carbocycles. The highest BCUT2D eigenvalue weighted by Crippen LogP contribution is 2.34. The van der Waals surface area contributed by atoms with E-state index in [4.69, 9.17) is 37.5 Å².